The topological polar surface area (TPSA) is 139 Å². The molecule has 0 saturated carbocycles. The largest absolute Gasteiger partial charge is 0.497 e. The average molecular weight is 723 g/mol. The zero-order chi connectivity index (χ0) is 31.3. The van der Waals surface area contributed by atoms with Crippen LogP contribution in [0.2, 0.25) is 0 Å². The van der Waals surface area contributed by atoms with Gasteiger partial charge in [0.05, 0.1) is 39.2 Å². The van der Waals surface area contributed by atoms with Crippen molar-refractivity contribution in [1.82, 2.24) is 14.8 Å². The lowest BCUT2D eigenvalue weighted by Crippen LogP contribution is -2.59. The summed E-state index contributed by atoms with van der Waals surface area (Å²) in [5.41, 5.74) is -1.30. The number of benzene rings is 2. The molecular weight excluding hydrogens is 691 g/mol. The van der Waals surface area contributed by atoms with Gasteiger partial charge in [0.15, 0.2) is 5.54 Å². The predicted octanol–water partition coefficient (Wildman–Crippen LogP) is 2.21. The summed E-state index contributed by atoms with van der Waals surface area (Å²) in [7, 11) is 2.71. The Bertz CT molecular complexity index is 1700. The molecule has 3 atom stereocenters. The number of β-amino-alcohol motifs (C(OH)–C–C–N with tert-alkyl or cyclic N) is 1. The van der Waals surface area contributed by atoms with Gasteiger partial charge in [0.1, 0.15) is 16.4 Å². The number of aromatic nitrogens is 1. The van der Waals surface area contributed by atoms with Crippen LogP contribution < -0.4 is 18.5 Å². The number of pyridine rings is 1. The summed E-state index contributed by atoms with van der Waals surface area (Å²) >= 11 is 2.09. The quantitative estimate of drug-likeness (QED) is 0.345. The minimum absolute atomic E-state index is 0.0204. The van der Waals surface area contributed by atoms with E-state index in [1.165, 1.54) is 50.6 Å². The summed E-state index contributed by atoms with van der Waals surface area (Å²) in [6.45, 7) is -0.0985. The van der Waals surface area contributed by atoms with Crippen LogP contribution in [-0.4, -0.2) is 94.2 Å². The molecule has 1 saturated heterocycles. The molecule has 0 radical (unpaired) electrons. The van der Waals surface area contributed by atoms with E-state index in [1.807, 2.05) is 0 Å². The molecule has 43 heavy (non-hydrogen) atoms. The van der Waals surface area contributed by atoms with Gasteiger partial charge in [-0.1, -0.05) is 0 Å². The SMILES string of the molecule is COc1ccc(S(=O)(=O)N2C(=O)C(c3cccnc3OC)(N3C[C@H](O)C[C@H]3C(=O)N(C)C)c3cc(I)ccc32)c(OC)c1. The van der Waals surface area contributed by atoms with Gasteiger partial charge < -0.3 is 24.2 Å². The van der Waals surface area contributed by atoms with E-state index in [-0.39, 0.29) is 46.6 Å². The summed E-state index contributed by atoms with van der Waals surface area (Å²) in [4.78, 5) is 35.8. The van der Waals surface area contributed by atoms with Crippen LogP contribution in [0.25, 0.3) is 0 Å². The highest BCUT2D eigenvalue weighted by atomic mass is 127. The number of sulfonamides is 1. The Morgan fingerprint density at radius 1 is 1.07 bits per heavy atom. The molecule has 2 aliphatic heterocycles. The van der Waals surface area contributed by atoms with Crippen LogP contribution in [0.4, 0.5) is 5.69 Å². The van der Waals surface area contributed by atoms with Gasteiger partial charge in [-0.15, -0.1) is 0 Å². The number of hydrogen-bond donors (Lipinski definition) is 1. The summed E-state index contributed by atoms with van der Waals surface area (Å²) in [6, 6.07) is 11.4. The Hall–Kier alpha value is -3.47. The van der Waals surface area contributed by atoms with Crippen LogP contribution in [-0.2, 0) is 25.2 Å². The van der Waals surface area contributed by atoms with Crippen LogP contribution >= 0.6 is 22.6 Å². The normalized spacial score (nSPS) is 21.9. The smallest absolute Gasteiger partial charge is 0.274 e. The second-order valence-corrected chi connectivity index (χ2v) is 13.3. The van der Waals surface area contributed by atoms with Crippen LogP contribution in [0.15, 0.2) is 59.6 Å². The number of hydrogen-bond acceptors (Lipinski definition) is 10. The molecule has 1 fully saturated rings. The van der Waals surface area contributed by atoms with Gasteiger partial charge in [0, 0.05) is 47.6 Å². The van der Waals surface area contributed by atoms with Crippen molar-refractivity contribution >= 4 is 50.1 Å². The second kappa shape index (κ2) is 11.6. The Balaban J connectivity index is 1.86. The fourth-order valence-corrected chi connectivity index (χ4v) is 8.00. The van der Waals surface area contributed by atoms with Gasteiger partial charge in [-0.3, -0.25) is 14.5 Å². The first-order chi connectivity index (χ1) is 20.4. The van der Waals surface area contributed by atoms with Crippen molar-refractivity contribution in [3.63, 3.8) is 0 Å². The number of aliphatic hydroxyl groups is 1. The number of carbonyl (C=O) groups excluding carboxylic acids is 2. The third-order valence-corrected chi connectivity index (χ3v) is 10.1. The number of fused-ring (bicyclic) bond motifs is 1. The van der Waals surface area contributed by atoms with Crippen molar-refractivity contribution in [1.29, 1.82) is 0 Å². The minimum Gasteiger partial charge on any atom is -0.497 e. The molecule has 2 amide bonds. The molecule has 2 aliphatic rings. The molecule has 14 heteroatoms. The minimum atomic E-state index is -4.62. The Morgan fingerprint density at radius 2 is 1.81 bits per heavy atom. The Labute approximate surface area is 263 Å². The van der Waals surface area contributed by atoms with Gasteiger partial charge in [0.2, 0.25) is 11.8 Å². The standard InChI is InChI=1S/C29H31IN4O8S/c1-32(2)27(36)23-14-18(35)16-33(23)29(20-7-6-12-31-26(20)42-5)21-13-17(30)8-10-22(21)34(28(29)37)43(38,39)25-11-9-19(40-3)15-24(25)41-4/h6-13,15,18,23,35H,14,16H2,1-5H3/t18-,23+,29?/m1/s1. The van der Waals surface area contributed by atoms with E-state index in [4.69, 9.17) is 14.2 Å². The molecule has 5 rings (SSSR count). The number of rotatable bonds is 8. The molecule has 0 bridgehead atoms. The fourth-order valence-electron chi connectivity index (χ4n) is 5.91. The number of halogens is 1. The molecule has 3 aromatic rings. The van der Waals surface area contributed by atoms with E-state index in [9.17, 15) is 18.3 Å². The highest BCUT2D eigenvalue weighted by Gasteiger charge is 2.64. The lowest BCUT2D eigenvalue weighted by atomic mass is 9.81. The molecule has 2 aromatic carbocycles. The number of likely N-dealkylation sites (tertiary alicyclic amines) is 1. The van der Waals surface area contributed by atoms with Crippen molar-refractivity contribution in [2.24, 2.45) is 0 Å². The lowest BCUT2D eigenvalue weighted by Gasteiger charge is -2.41. The van der Waals surface area contributed by atoms with Gasteiger partial charge in [0.25, 0.3) is 15.9 Å². The number of carbonyl (C=O) groups is 2. The predicted molar refractivity (Wildman–Crippen MR) is 165 cm³/mol. The highest BCUT2D eigenvalue weighted by molar-refractivity contribution is 14.1. The van der Waals surface area contributed by atoms with Crippen LogP contribution in [0.3, 0.4) is 0 Å². The van der Waals surface area contributed by atoms with Crippen LogP contribution in [0.5, 0.6) is 17.4 Å². The van der Waals surface area contributed by atoms with Crippen molar-refractivity contribution in [2.45, 2.75) is 29.0 Å². The molecule has 1 N–H and O–H groups in total. The van der Waals surface area contributed by atoms with Gasteiger partial charge >= 0.3 is 0 Å². The highest BCUT2D eigenvalue weighted by Crippen LogP contribution is 2.54. The van der Waals surface area contributed by atoms with E-state index >= 15 is 4.79 Å². The summed E-state index contributed by atoms with van der Waals surface area (Å²) in [6.07, 6.45) is 0.551. The number of likely N-dealkylation sites (N-methyl/N-ethyl adjacent to an activating group) is 1. The van der Waals surface area contributed by atoms with Crippen molar-refractivity contribution in [2.75, 3.05) is 46.3 Å². The van der Waals surface area contributed by atoms with Crippen LogP contribution in [0, 0.1) is 3.57 Å². The van der Waals surface area contributed by atoms with Crippen LogP contribution in [0.1, 0.15) is 17.5 Å². The zero-order valence-corrected chi connectivity index (χ0v) is 27.1. The Kier molecular flexibility index (Phi) is 8.32. The maximum Gasteiger partial charge on any atom is 0.274 e. The monoisotopic (exact) mass is 722 g/mol. The molecule has 228 valence electrons. The van der Waals surface area contributed by atoms with E-state index in [2.05, 4.69) is 27.6 Å². The maximum absolute atomic E-state index is 15.2. The first kappa shape index (κ1) is 31.0. The van der Waals surface area contributed by atoms with Gasteiger partial charge in [-0.25, -0.2) is 17.7 Å². The number of nitrogens with zero attached hydrogens (tertiary/aromatic N) is 4. The number of ether oxygens (including phenoxy) is 3. The number of aliphatic hydroxyl groups excluding tert-OH is 1. The Morgan fingerprint density at radius 3 is 2.47 bits per heavy atom. The molecule has 3 heterocycles. The third-order valence-electron chi connectivity index (χ3n) is 7.74. The number of amides is 2. The van der Waals surface area contributed by atoms with Crippen molar-refractivity contribution in [3.05, 3.63) is 69.4 Å². The number of methoxy groups -OCH3 is 3. The van der Waals surface area contributed by atoms with Gasteiger partial charge in [-0.05, 0) is 71.5 Å². The van der Waals surface area contributed by atoms with E-state index in [0.717, 1.165) is 4.31 Å². The fraction of sp³-hybridized carbons (Fsp3) is 0.345. The lowest BCUT2D eigenvalue weighted by molar-refractivity contribution is -0.138. The number of anilines is 1. The van der Waals surface area contributed by atoms with Gasteiger partial charge in [-0.2, -0.15) is 0 Å². The van der Waals surface area contributed by atoms with E-state index in [1.54, 1.807) is 49.3 Å². The summed E-state index contributed by atoms with van der Waals surface area (Å²) in [5, 5.41) is 10.9. The van der Waals surface area contributed by atoms with E-state index in [0.29, 0.717) is 14.9 Å². The zero-order valence-electron chi connectivity index (χ0n) is 24.1. The molecule has 1 aromatic heterocycles. The maximum atomic E-state index is 15.2. The third kappa shape index (κ3) is 4.80. The van der Waals surface area contributed by atoms with Crippen molar-refractivity contribution in [3.8, 4) is 17.4 Å². The average Bonchev–Trinajstić information content (AvgIpc) is 3.50. The molecule has 12 nitrogen and oxygen atoms in total. The molecule has 1 unspecified atom stereocenters. The molecular formula is C29H31IN4O8S. The van der Waals surface area contributed by atoms with E-state index < -0.39 is 33.6 Å². The second-order valence-electron chi connectivity index (χ2n) is 10.3. The molecule has 0 spiro atoms. The first-order valence-corrected chi connectivity index (χ1v) is 15.7. The van der Waals surface area contributed by atoms with Crippen molar-refractivity contribution < 1.29 is 37.3 Å². The summed E-state index contributed by atoms with van der Waals surface area (Å²) in [5.74, 6) is -0.812. The summed E-state index contributed by atoms with van der Waals surface area (Å²) < 4.78 is 46.8. The molecule has 0 aliphatic carbocycles. The first-order valence-electron chi connectivity index (χ1n) is 13.2.